The molecule has 4 nitrogen and oxygen atoms in total. The van der Waals surface area contributed by atoms with Crippen LogP contribution in [-0.2, 0) is 16.8 Å². The smallest absolute Gasteiger partial charge is 0.315 e. The summed E-state index contributed by atoms with van der Waals surface area (Å²) in [5.41, 5.74) is -0.292. The molecule has 0 bridgehead atoms. The first-order chi connectivity index (χ1) is 9.98. The summed E-state index contributed by atoms with van der Waals surface area (Å²) in [6.07, 6.45) is 2.39. The van der Waals surface area contributed by atoms with E-state index in [1.807, 2.05) is 5.38 Å². The highest BCUT2D eigenvalue weighted by Crippen LogP contribution is 2.37. The second-order valence-electron chi connectivity index (χ2n) is 5.88. The lowest BCUT2D eigenvalue weighted by molar-refractivity contribution is -0.142. The lowest BCUT2D eigenvalue weighted by Gasteiger charge is -2.21. The molecule has 0 spiro atoms. The van der Waals surface area contributed by atoms with E-state index in [9.17, 15) is 9.90 Å². The maximum atomic E-state index is 11.4. The molecule has 0 amide bonds. The molecular weight excluding hydrogens is 304 g/mol. The first kappa shape index (κ1) is 14.5. The Hall–Kier alpha value is -1.40. The second-order valence-corrected chi connectivity index (χ2v) is 7.75. The summed E-state index contributed by atoms with van der Waals surface area (Å²) in [7, 11) is 0. The summed E-state index contributed by atoms with van der Waals surface area (Å²) in [5.74, 6) is -0.837. The van der Waals surface area contributed by atoms with E-state index < -0.39 is 11.4 Å². The van der Waals surface area contributed by atoms with Gasteiger partial charge in [-0.1, -0.05) is 6.07 Å². The van der Waals surface area contributed by atoms with Crippen LogP contribution in [0.3, 0.4) is 0 Å². The van der Waals surface area contributed by atoms with Crippen LogP contribution in [0.5, 0.6) is 0 Å². The Bertz CT molecular complexity index is 630. The van der Waals surface area contributed by atoms with Gasteiger partial charge in [0.1, 0.15) is 5.41 Å². The minimum Gasteiger partial charge on any atom is -0.481 e. The number of aromatic nitrogens is 1. The number of nitrogens with zero attached hydrogens (tertiary/aromatic N) is 2. The lowest BCUT2D eigenvalue weighted by Crippen LogP contribution is -2.29. The Balaban J connectivity index is 1.84. The van der Waals surface area contributed by atoms with Crippen LogP contribution < -0.4 is 4.90 Å². The minimum atomic E-state index is -0.938. The highest BCUT2D eigenvalue weighted by atomic mass is 32.1. The zero-order valence-electron chi connectivity index (χ0n) is 12.1. The summed E-state index contributed by atoms with van der Waals surface area (Å²) in [4.78, 5) is 19.6. The molecule has 6 heteroatoms. The van der Waals surface area contributed by atoms with Gasteiger partial charge >= 0.3 is 5.97 Å². The van der Waals surface area contributed by atoms with E-state index in [0.29, 0.717) is 11.7 Å². The molecule has 3 rings (SSSR count). The van der Waals surface area contributed by atoms with Crippen molar-refractivity contribution in [3.8, 4) is 0 Å². The van der Waals surface area contributed by atoms with Crippen molar-refractivity contribution in [3.63, 3.8) is 0 Å². The molecule has 0 atom stereocenters. The number of thiophene rings is 1. The van der Waals surface area contributed by atoms with Crippen LogP contribution in [0, 0.1) is 0 Å². The molecule has 0 aliphatic heterocycles. The van der Waals surface area contributed by atoms with Crippen molar-refractivity contribution in [3.05, 3.63) is 33.5 Å². The first-order valence-electron chi connectivity index (χ1n) is 6.97. The van der Waals surface area contributed by atoms with Crippen molar-refractivity contribution in [2.45, 2.75) is 44.7 Å². The van der Waals surface area contributed by atoms with Gasteiger partial charge in [0.15, 0.2) is 5.13 Å². The van der Waals surface area contributed by atoms with E-state index in [1.165, 1.54) is 17.7 Å². The molecule has 2 heterocycles. The summed E-state index contributed by atoms with van der Waals surface area (Å²) in [5, 5.41) is 14.2. The van der Waals surface area contributed by atoms with Crippen LogP contribution in [0.2, 0.25) is 0 Å². The van der Waals surface area contributed by atoms with Crippen molar-refractivity contribution < 1.29 is 9.90 Å². The molecule has 1 aliphatic carbocycles. The van der Waals surface area contributed by atoms with Gasteiger partial charge in [-0.3, -0.25) is 4.79 Å². The number of carboxylic acids is 1. The number of rotatable bonds is 6. The number of hydrogen-bond donors (Lipinski definition) is 1. The molecule has 1 fully saturated rings. The summed E-state index contributed by atoms with van der Waals surface area (Å²) in [6.45, 7) is 4.27. The van der Waals surface area contributed by atoms with Crippen LogP contribution >= 0.6 is 22.7 Å². The zero-order valence-corrected chi connectivity index (χ0v) is 13.7. The Labute approximate surface area is 132 Å². The van der Waals surface area contributed by atoms with E-state index in [1.54, 1.807) is 36.5 Å². The molecule has 0 aromatic carbocycles. The largest absolute Gasteiger partial charge is 0.481 e. The topological polar surface area (TPSA) is 53.4 Å². The fourth-order valence-electron chi connectivity index (χ4n) is 2.10. The SMILES string of the molecule is CC(C)(C(=O)O)c1csc(N(Cc2cccs2)C2CC2)n1. The lowest BCUT2D eigenvalue weighted by atomic mass is 9.90. The van der Waals surface area contributed by atoms with Gasteiger partial charge in [-0.05, 0) is 38.1 Å². The molecule has 1 saturated carbocycles. The third kappa shape index (κ3) is 2.96. The van der Waals surface area contributed by atoms with Gasteiger partial charge in [0, 0.05) is 16.3 Å². The average Bonchev–Trinajstić information content (AvgIpc) is 2.94. The van der Waals surface area contributed by atoms with E-state index in [4.69, 9.17) is 0 Å². The van der Waals surface area contributed by atoms with Crippen molar-refractivity contribution in [1.82, 2.24) is 4.98 Å². The number of thiazole rings is 1. The van der Waals surface area contributed by atoms with Gasteiger partial charge in [-0.2, -0.15) is 0 Å². The fraction of sp³-hybridized carbons (Fsp3) is 0.467. The third-order valence-corrected chi connectivity index (χ3v) is 5.55. The van der Waals surface area contributed by atoms with Crippen molar-refractivity contribution in [2.24, 2.45) is 0 Å². The van der Waals surface area contributed by atoms with Crippen LogP contribution in [0.25, 0.3) is 0 Å². The quantitative estimate of drug-likeness (QED) is 0.880. The van der Waals surface area contributed by atoms with Gasteiger partial charge in [0.05, 0.1) is 12.2 Å². The Morgan fingerprint density at radius 1 is 1.48 bits per heavy atom. The summed E-state index contributed by atoms with van der Waals surface area (Å²) < 4.78 is 0. The van der Waals surface area contributed by atoms with Crippen LogP contribution in [0.15, 0.2) is 22.9 Å². The van der Waals surface area contributed by atoms with Gasteiger partial charge in [0.25, 0.3) is 0 Å². The van der Waals surface area contributed by atoms with E-state index in [0.717, 1.165) is 11.7 Å². The van der Waals surface area contributed by atoms with Crippen LogP contribution in [-0.4, -0.2) is 22.1 Å². The molecule has 0 unspecified atom stereocenters. The molecule has 112 valence electrons. The zero-order chi connectivity index (χ0) is 15.0. The molecule has 1 aliphatic rings. The predicted octanol–water partition coefficient (Wildman–Crippen LogP) is 3.74. The number of carbonyl (C=O) groups is 1. The average molecular weight is 322 g/mol. The molecule has 2 aromatic rings. The molecule has 2 aromatic heterocycles. The van der Waals surface area contributed by atoms with Crippen molar-refractivity contribution >= 4 is 33.8 Å². The second kappa shape index (κ2) is 5.42. The van der Waals surface area contributed by atoms with Gasteiger partial charge in [-0.25, -0.2) is 4.98 Å². The Morgan fingerprint density at radius 2 is 2.24 bits per heavy atom. The van der Waals surface area contributed by atoms with Gasteiger partial charge < -0.3 is 10.0 Å². The van der Waals surface area contributed by atoms with E-state index >= 15 is 0 Å². The number of aliphatic carboxylic acids is 1. The maximum Gasteiger partial charge on any atom is 0.315 e. The van der Waals surface area contributed by atoms with Crippen molar-refractivity contribution in [2.75, 3.05) is 4.90 Å². The normalized spacial score (nSPS) is 15.1. The van der Waals surface area contributed by atoms with Crippen LogP contribution in [0.1, 0.15) is 37.3 Å². The predicted molar refractivity (Wildman–Crippen MR) is 86.3 cm³/mol. The molecule has 1 N–H and O–H groups in total. The number of carboxylic acid groups (broad SMARTS) is 1. The summed E-state index contributed by atoms with van der Waals surface area (Å²) in [6, 6.07) is 4.75. The fourth-order valence-corrected chi connectivity index (χ4v) is 3.87. The van der Waals surface area contributed by atoms with Gasteiger partial charge in [0.2, 0.25) is 0 Å². The summed E-state index contributed by atoms with van der Waals surface area (Å²) >= 11 is 3.30. The first-order valence-corrected chi connectivity index (χ1v) is 8.73. The monoisotopic (exact) mass is 322 g/mol. The molecular formula is C15H18N2O2S2. The van der Waals surface area contributed by atoms with E-state index in [-0.39, 0.29) is 0 Å². The van der Waals surface area contributed by atoms with Crippen LogP contribution in [0.4, 0.5) is 5.13 Å². The Morgan fingerprint density at radius 3 is 2.81 bits per heavy atom. The molecule has 0 saturated heterocycles. The highest BCUT2D eigenvalue weighted by Gasteiger charge is 2.35. The van der Waals surface area contributed by atoms with Crippen molar-refractivity contribution in [1.29, 1.82) is 0 Å². The highest BCUT2D eigenvalue weighted by molar-refractivity contribution is 7.13. The minimum absolute atomic E-state index is 0.555. The maximum absolute atomic E-state index is 11.4. The molecule has 21 heavy (non-hydrogen) atoms. The van der Waals surface area contributed by atoms with E-state index in [2.05, 4.69) is 27.4 Å². The van der Waals surface area contributed by atoms with Gasteiger partial charge in [-0.15, -0.1) is 22.7 Å². The third-order valence-electron chi connectivity index (χ3n) is 3.81. The Kier molecular flexibility index (Phi) is 3.75. The molecule has 0 radical (unpaired) electrons. The standard InChI is InChI=1S/C15H18N2O2S2/c1-15(2,13(18)19)12-9-21-14(16-12)17(10-5-6-10)8-11-4-3-7-20-11/h3-4,7,9-10H,5-6,8H2,1-2H3,(H,18,19). The number of anilines is 1. The number of hydrogen-bond acceptors (Lipinski definition) is 5.